The smallest absolute Gasteiger partial charge is 0.261 e. The lowest BCUT2D eigenvalue weighted by atomic mass is 9.79. The molecule has 5 nitrogen and oxygen atoms in total. The number of aromatic hydroxyl groups is 1. The molecule has 0 radical (unpaired) electrons. The second-order valence-corrected chi connectivity index (χ2v) is 5.88. The average molecular weight is 372 g/mol. The maximum absolute atomic E-state index is 9.87. The van der Waals surface area contributed by atoms with E-state index in [1.54, 1.807) is 13.2 Å². The number of ether oxygens (including phenoxy) is 1. The van der Waals surface area contributed by atoms with Crippen molar-refractivity contribution in [3.63, 3.8) is 0 Å². The van der Waals surface area contributed by atoms with Gasteiger partial charge in [0.15, 0.2) is 0 Å². The largest absolute Gasteiger partial charge is 0.507 e. The quantitative estimate of drug-likeness (QED) is 0.839. The number of hydrogen-bond donors (Lipinski definition) is 1. The van der Waals surface area contributed by atoms with Gasteiger partial charge < -0.3 is 14.4 Å². The van der Waals surface area contributed by atoms with Gasteiger partial charge in [0.1, 0.15) is 11.4 Å². The van der Waals surface area contributed by atoms with E-state index in [2.05, 4.69) is 32.7 Å². The summed E-state index contributed by atoms with van der Waals surface area (Å²) in [7, 11) is 1.66. The van der Waals surface area contributed by atoms with Crippen LogP contribution in [0.25, 0.3) is 11.5 Å². The lowest BCUT2D eigenvalue weighted by Crippen LogP contribution is -2.37. The van der Waals surface area contributed by atoms with Crippen LogP contribution in [0.5, 0.6) is 5.75 Å². The highest BCUT2D eigenvalue weighted by Crippen LogP contribution is 2.43. The van der Waals surface area contributed by atoms with E-state index in [1.165, 1.54) is 0 Å². The molecule has 0 bridgehead atoms. The second-order valence-electron chi connectivity index (χ2n) is 4.64. The van der Waals surface area contributed by atoms with Gasteiger partial charge in [-0.2, -0.15) is 4.98 Å². The summed E-state index contributed by atoms with van der Waals surface area (Å²) in [5, 5.41) is 13.9. The fraction of sp³-hybridized carbons (Fsp3) is 0.385. The third-order valence-corrected chi connectivity index (χ3v) is 4.25. The van der Waals surface area contributed by atoms with Gasteiger partial charge in [-0.3, -0.25) is 0 Å². The van der Waals surface area contributed by atoms with Crippen molar-refractivity contribution in [2.75, 3.05) is 7.11 Å². The van der Waals surface area contributed by atoms with Crippen LogP contribution in [-0.4, -0.2) is 22.4 Å². The minimum absolute atomic E-state index is 0.135. The fourth-order valence-electron chi connectivity index (χ4n) is 2.21. The molecular weight excluding hydrogens is 359 g/mol. The number of aromatic nitrogens is 2. The molecule has 3 rings (SSSR count). The topological polar surface area (TPSA) is 68.4 Å². The summed E-state index contributed by atoms with van der Waals surface area (Å²) in [6, 6.07) is 5.25. The van der Waals surface area contributed by atoms with Crippen LogP contribution in [-0.2, 0) is 10.3 Å². The number of phenols is 1. The molecule has 1 saturated carbocycles. The fourth-order valence-corrected chi connectivity index (χ4v) is 2.71. The van der Waals surface area contributed by atoms with Crippen molar-refractivity contribution in [2.45, 2.75) is 24.9 Å². The molecule has 19 heavy (non-hydrogen) atoms. The summed E-state index contributed by atoms with van der Waals surface area (Å²) in [6.45, 7) is 0. The summed E-state index contributed by atoms with van der Waals surface area (Å²) in [6.07, 6.45) is 2.91. The van der Waals surface area contributed by atoms with Gasteiger partial charge in [-0.1, -0.05) is 5.16 Å². The Balaban J connectivity index is 1.99. The molecule has 1 aliphatic carbocycles. The van der Waals surface area contributed by atoms with E-state index in [0.29, 0.717) is 17.3 Å². The maximum Gasteiger partial charge on any atom is 0.261 e. The molecule has 1 N–H and O–H groups in total. The summed E-state index contributed by atoms with van der Waals surface area (Å²) in [5.74, 6) is 1.03. The van der Waals surface area contributed by atoms with Crippen molar-refractivity contribution in [3.8, 4) is 17.2 Å². The number of rotatable bonds is 3. The number of phenolic OH excluding ortho intramolecular Hbond substituents is 1. The van der Waals surface area contributed by atoms with Gasteiger partial charge >= 0.3 is 0 Å². The summed E-state index contributed by atoms with van der Waals surface area (Å²) < 4.78 is 11.8. The van der Waals surface area contributed by atoms with Crippen LogP contribution in [0.4, 0.5) is 0 Å². The van der Waals surface area contributed by atoms with Crippen LogP contribution >= 0.6 is 22.6 Å². The van der Waals surface area contributed by atoms with E-state index < -0.39 is 5.60 Å². The molecule has 0 aliphatic heterocycles. The first-order valence-corrected chi connectivity index (χ1v) is 7.11. The highest BCUT2D eigenvalue weighted by molar-refractivity contribution is 14.1. The molecule has 100 valence electrons. The standard InChI is InChI=1S/C13H13IN2O3/c1-18-13(5-2-6-13)12-15-11(19-16-12)9-7-8(14)3-4-10(9)17/h3-4,7,17H,2,5-6H2,1H3. The summed E-state index contributed by atoms with van der Waals surface area (Å²) in [5.41, 5.74) is 0.149. The van der Waals surface area contributed by atoms with Crippen LogP contribution in [0, 0.1) is 3.57 Å². The average Bonchev–Trinajstić information content (AvgIpc) is 2.81. The molecule has 0 spiro atoms. The molecule has 2 aromatic rings. The molecular formula is C13H13IN2O3. The molecule has 1 aromatic carbocycles. The normalized spacial score (nSPS) is 17.2. The van der Waals surface area contributed by atoms with Gasteiger partial charge in [-0.15, -0.1) is 0 Å². The monoisotopic (exact) mass is 372 g/mol. The van der Waals surface area contributed by atoms with E-state index in [9.17, 15) is 5.11 Å². The molecule has 0 saturated heterocycles. The minimum atomic E-state index is -0.403. The van der Waals surface area contributed by atoms with E-state index in [-0.39, 0.29) is 5.75 Å². The van der Waals surface area contributed by atoms with Gasteiger partial charge in [0.2, 0.25) is 5.82 Å². The number of methoxy groups -OCH3 is 1. The number of benzene rings is 1. The minimum Gasteiger partial charge on any atom is -0.507 e. The van der Waals surface area contributed by atoms with E-state index >= 15 is 0 Å². The molecule has 1 heterocycles. The van der Waals surface area contributed by atoms with Gasteiger partial charge in [-0.05, 0) is 60.1 Å². The van der Waals surface area contributed by atoms with Crippen LogP contribution < -0.4 is 0 Å². The Labute approximate surface area is 124 Å². The molecule has 0 atom stereocenters. The Bertz CT molecular complexity index is 602. The van der Waals surface area contributed by atoms with Gasteiger partial charge in [0, 0.05) is 10.7 Å². The van der Waals surface area contributed by atoms with Crippen LogP contribution in [0.2, 0.25) is 0 Å². The number of nitrogens with zero attached hydrogens (tertiary/aromatic N) is 2. The van der Waals surface area contributed by atoms with Gasteiger partial charge in [0.05, 0.1) is 5.56 Å². The predicted molar refractivity (Wildman–Crippen MR) is 76.7 cm³/mol. The van der Waals surface area contributed by atoms with Crippen molar-refractivity contribution in [2.24, 2.45) is 0 Å². The van der Waals surface area contributed by atoms with Crippen LogP contribution in [0.3, 0.4) is 0 Å². The molecule has 1 fully saturated rings. The molecule has 1 aliphatic rings. The van der Waals surface area contributed by atoms with Crippen LogP contribution in [0.15, 0.2) is 22.7 Å². The zero-order valence-corrected chi connectivity index (χ0v) is 12.5. The summed E-state index contributed by atoms with van der Waals surface area (Å²) >= 11 is 2.17. The lowest BCUT2D eigenvalue weighted by Gasteiger charge is -2.37. The predicted octanol–water partition coefficient (Wildman–Crippen LogP) is 3.07. The first-order valence-electron chi connectivity index (χ1n) is 6.03. The van der Waals surface area contributed by atoms with Gasteiger partial charge in [-0.25, -0.2) is 0 Å². The Hall–Kier alpha value is -1.15. The van der Waals surface area contributed by atoms with Crippen molar-refractivity contribution in [3.05, 3.63) is 27.6 Å². The lowest BCUT2D eigenvalue weighted by molar-refractivity contribution is -0.0858. The highest BCUT2D eigenvalue weighted by atomic mass is 127. The van der Waals surface area contributed by atoms with E-state index in [4.69, 9.17) is 9.26 Å². The number of halogens is 1. The Morgan fingerprint density at radius 2 is 2.21 bits per heavy atom. The van der Waals surface area contributed by atoms with Crippen molar-refractivity contribution < 1.29 is 14.4 Å². The zero-order chi connectivity index (χ0) is 13.5. The second kappa shape index (κ2) is 4.75. The Morgan fingerprint density at radius 3 is 2.84 bits per heavy atom. The maximum atomic E-state index is 9.87. The third-order valence-electron chi connectivity index (χ3n) is 3.57. The van der Waals surface area contributed by atoms with Crippen molar-refractivity contribution >= 4 is 22.6 Å². The Kier molecular flexibility index (Phi) is 3.22. The molecule has 1 aromatic heterocycles. The molecule has 0 unspecified atom stereocenters. The first-order chi connectivity index (χ1) is 9.14. The number of hydrogen-bond acceptors (Lipinski definition) is 5. The van der Waals surface area contributed by atoms with Crippen molar-refractivity contribution in [1.29, 1.82) is 0 Å². The van der Waals surface area contributed by atoms with Gasteiger partial charge in [0.25, 0.3) is 5.89 Å². The third kappa shape index (κ3) is 2.12. The van der Waals surface area contributed by atoms with E-state index in [1.807, 2.05) is 12.1 Å². The zero-order valence-electron chi connectivity index (χ0n) is 10.4. The Morgan fingerprint density at radius 1 is 1.42 bits per heavy atom. The van der Waals surface area contributed by atoms with Crippen LogP contribution in [0.1, 0.15) is 25.1 Å². The summed E-state index contributed by atoms with van der Waals surface area (Å²) in [4.78, 5) is 4.38. The van der Waals surface area contributed by atoms with Crippen molar-refractivity contribution in [1.82, 2.24) is 10.1 Å². The highest BCUT2D eigenvalue weighted by Gasteiger charge is 2.43. The SMILES string of the molecule is COC1(c2noc(-c3cc(I)ccc3O)n2)CCC1. The molecule has 6 heteroatoms. The van der Waals surface area contributed by atoms with E-state index in [0.717, 1.165) is 22.8 Å². The molecule has 0 amide bonds. The first kappa shape index (κ1) is 12.9.